The van der Waals surface area contributed by atoms with E-state index >= 15 is 0 Å². The number of hydrogen-bond donors (Lipinski definition) is 3. The molecule has 8 nitrogen and oxygen atoms in total. The molecule has 3 amide bonds. The quantitative estimate of drug-likeness (QED) is 0.363. The van der Waals surface area contributed by atoms with Gasteiger partial charge in [0.25, 0.3) is 0 Å². The predicted molar refractivity (Wildman–Crippen MR) is 139 cm³/mol. The number of aromatic hydroxyl groups is 1. The van der Waals surface area contributed by atoms with E-state index in [1.54, 1.807) is 49.6 Å². The van der Waals surface area contributed by atoms with Gasteiger partial charge in [0.05, 0.1) is 0 Å². The number of alkyl carbamates (subject to hydrolysis) is 1. The van der Waals surface area contributed by atoms with Gasteiger partial charge in [0, 0.05) is 12.6 Å². The fourth-order valence-corrected chi connectivity index (χ4v) is 4.36. The van der Waals surface area contributed by atoms with Crippen molar-refractivity contribution in [1.82, 2.24) is 15.5 Å². The van der Waals surface area contributed by atoms with E-state index < -0.39 is 23.8 Å². The molecule has 3 N–H and O–H groups in total. The number of rotatable bonds is 12. The Balaban J connectivity index is 2.41. The van der Waals surface area contributed by atoms with Crippen LogP contribution < -0.4 is 10.6 Å². The lowest BCUT2D eigenvalue weighted by molar-refractivity contribution is -0.147. The van der Waals surface area contributed by atoms with Crippen molar-refractivity contribution in [2.75, 3.05) is 18.6 Å². The number of hydrogen-bond acceptors (Lipinski definition) is 6. The lowest BCUT2D eigenvalue weighted by Crippen LogP contribution is -2.57. The van der Waals surface area contributed by atoms with E-state index in [1.165, 1.54) is 12.1 Å². The van der Waals surface area contributed by atoms with Crippen LogP contribution >= 0.6 is 11.8 Å². The summed E-state index contributed by atoms with van der Waals surface area (Å²) in [5.74, 6) is 0.200. The molecule has 0 aliphatic heterocycles. The molecule has 0 bridgehead atoms. The standard InChI is InChI=1S/C26H41N3O5S/c1-6-7-16-27-23(31)22(18-11-13-20(30)14-12-18)29(19-9-8-10-19)24(32)21(15-17-35-5)28-25(33)34-26(2,3)4/h11-14,19,21-22,30H,6-10,15-17H2,1-5H3,(H,27,31)(H,28,33). The number of benzene rings is 1. The van der Waals surface area contributed by atoms with Gasteiger partial charge in [-0.2, -0.15) is 11.8 Å². The van der Waals surface area contributed by atoms with E-state index in [4.69, 9.17) is 4.74 Å². The minimum atomic E-state index is -0.859. The summed E-state index contributed by atoms with van der Waals surface area (Å²) >= 11 is 1.58. The van der Waals surface area contributed by atoms with Crippen molar-refractivity contribution in [2.45, 2.75) is 89.9 Å². The van der Waals surface area contributed by atoms with Gasteiger partial charge in [-0.25, -0.2) is 4.79 Å². The van der Waals surface area contributed by atoms with Gasteiger partial charge in [0.1, 0.15) is 23.4 Å². The van der Waals surface area contributed by atoms with E-state index in [-0.39, 0.29) is 23.6 Å². The number of amides is 3. The molecule has 2 atom stereocenters. The summed E-state index contributed by atoms with van der Waals surface area (Å²) in [4.78, 5) is 41.7. The first-order valence-corrected chi connectivity index (χ1v) is 13.8. The molecular weight excluding hydrogens is 466 g/mol. The Bertz CT molecular complexity index is 836. The van der Waals surface area contributed by atoms with Crippen LogP contribution in [0.2, 0.25) is 0 Å². The summed E-state index contributed by atoms with van der Waals surface area (Å²) in [5.41, 5.74) is -0.0728. The van der Waals surface area contributed by atoms with Crippen LogP contribution in [0.5, 0.6) is 5.75 Å². The second kappa shape index (κ2) is 13.6. The highest BCUT2D eigenvalue weighted by Crippen LogP contribution is 2.34. The molecule has 0 heterocycles. The molecule has 2 rings (SSSR count). The molecule has 35 heavy (non-hydrogen) atoms. The second-order valence-corrected chi connectivity index (χ2v) is 10.9. The van der Waals surface area contributed by atoms with Crippen LogP contribution in [0.15, 0.2) is 24.3 Å². The van der Waals surface area contributed by atoms with Crippen LogP contribution in [0, 0.1) is 0 Å². The minimum Gasteiger partial charge on any atom is -0.508 e. The lowest BCUT2D eigenvalue weighted by atomic mass is 9.88. The lowest BCUT2D eigenvalue weighted by Gasteiger charge is -2.43. The SMILES string of the molecule is CCCCNC(=O)C(c1ccc(O)cc1)N(C(=O)C(CCSC)NC(=O)OC(C)(C)C)C1CCC1. The number of carbonyl (C=O) groups is 3. The van der Waals surface area contributed by atoms with Crippen LogP contribution in [-0.4, -0.2) is 64.2 Å². The Morgan fingerprint density at radius 1 is 1.20 bits per heavy atom. The van der Waals surface area contributed by atoms with Crippen molar-refractivity contribution >= 4 is 29.7 Å². The van der Waals surface area contributed by atoms with Gasteiger partial charge < -0.3 is 25.4 Å². The van der Waals surface area contributed by atoms with Gasteiger partial charge in [0.15, 0.2) is 0 Å². The van der Waals surface area contributed by atoms with Crippen LogP contribution in [0.3, 0.4) is 0 Å². The summed E-state index contributed by atoms with van der Waals surface area (Å²) in [6.45, 7) is 7.88. The van der Waals surface area contributed by atoms with E-state index in [2.05, 4.69) is 10.6 Å². The molecule has 0 spiro atoms. The molecule has 1 aliphatic carbocycles. The van der Waals surface area contributed by atoms with Gasteiger partial charge in [0.2, 0.25) is 11.8 Å². The average molecular weight is 508 g/mol. The third-order valence-electron chi connectivity index (χ3n) is 5.89. The van der Waals surface area contributed by atoms with Gasteiger partial charge in [-0.1, -0.05) is 25.5 Å². The molecule has 2 unspecified atom stereocenters. The monoisotopic (exact) mass is 507 g/mol. The number of nitrogens with one attached hydrogen (secondary N) is 2. The van der Waals surface area contributed by atoms with E-state index in [0.29, 0.717) is 24.3 Å². The number of nitrogens with zero attached hydrogens (tertiary/aromatic N) is 1. The van der Waals surface area contributed by atoms with Crippen molar-refractivity contribution in [3.63, 3.8) is 0 Å². The van der Waals surface area contributed by atoms with Gasteiger partial charge >= 0.3 is 6.09 Å². The number of phenolic OH excluding ortho intramolecular Hbond substituents is 1. The minimum absolute atomic E-state index is 0.0878. The first-order valence-electron chi connectivity index (χ1n) is 12.4. The Kier molecular flexibility index (Phi) is 11.2. The van der Waals surface area contributed by atoms with Crippen molar-refractivity contribution in [3.05, 3.63) is 29.8 Å². The maximum atomic E-state index is 14.0. The van der Waals surface area contributed by atoms with Crippen LogP contribution in [0.25, 0.3) is 0 Å². The zero-order valence-corrected chi connectivity index (χ0v) is 22.5. The number of ether oxygens (including phenoxy) is 1. The highest BCUT2D eigenvalue weighted by atomic mass is 32.2. The smallest absolute Gasteiger partial charge is 0.408 e. The Labute approximate surface area is 213 Å². The van der Waals surface area contributed by atoms with Crippen molar-refractivity contribution in [2.24, 2.45) is 0 Å². The zero-order chi connectivity index (χ0) is 26.0. The third kappa shape index (κ3) is 8.94. The maximum Gasteiger partial charge on any atom is 0.408 e. The van der Waals surface area contributed by atoms with Crippen LogP contribution in [0.1, 0.15) is 77.8 Å². The van der Waals surface area contributed by atoms with Gasteiger partial charge in [-0.15, -0.1) is 0 Å². The molecule has 1 aromatic rings. The molecule has 0 aromatic heterocycles. The Morgan fingerprint density at radius 2 is 1.86 bits per heavy atom. The van der Waals surface area contributed by atoms with Crippen molar-refractivity contribution in [3.8, 4) is 5.75 Å². The molecule has 1 aromatic carbocycles. The number of carbonyl (C=O) groups excluding carboxylic acids is 3. The van der Waals surface area contributed by atoms with E-state index in [0.717, 1.165) is 32.1 Å². The van der Waals surface area contributed by atoms with E-state index in [9.17, 15) is 19.5 Å². The second-order valence-electron chi connectivity index (χ2n) is 9.95. The largest absolute Gasteiger partial charge is 0.508 e. The fourth-order valence-electron chi connectivity index (χ4n) is 3.89. The summed E-state index contributed by atoms with van der Waals surface area (Å²) in [6.07, 6.45) is 6.05. The van der Waals surface area contributed by atoms with E-state index in [1.807, 2.05) is 13.2 Å². The van der Waals surface area contributed by atoms with Crippen LogP contribution in [-0.2, 0) is 14.3 Å². The van der Waals surface area contributed by atoms with Crippen molar-refractivity contribution in [1.29, 1.82) is 0 Å². The highest BCUT2D eigenvalue weighted by molar-refractivity contribution is 7.98. The van der Waals surface area contributed by atoms with Gasteiger partial charge in [-0.05, 0) is 82.6 Å². The molecule has 1 saturated carbocycles. The zero-order valence-electron chi connectivity index (χ0n) is 21.6. The molecule has 196 valence electrons. The third-order valence-corrected chi connectivity index (χ3v) is 6.53. The predicted octanol–water partition coefficient (Wildman–Crippen LogP) is 4.38. The molecule has 9 heteroatoms. The van der Waals surface area contributed by atoms with Gasteiger partial charge in [-0.3, -0.25) is 9.59 Å². The number of phenols is 1. The first kappa shape index (κ1) is 28.8. The normalized spacial score (nSPS) is 15.5. The highest BCUT2D eigenvalue weighted by Gasteiger charge is 2.41. The summed E-state index contributed by atoms with van der Waals surface area (Å²) in [6, 6.07) is 4.62. The Morgan fingerprint density at radius 3 is 2.37 bits per heavy atom. The summed E-state index contributed by atoms with van der Waals surface area (Å²) < 4.78 is 5.42. The molecule has 0 saturated heterocycles. The Hall–Kier alpha value is -2.42. The maximum absolute atomic E-state index is 14.0. The first-order chi connectivity index (χ1) is 16.6. The molecular formula is C26H41N3O5S. The van der Waals surface area contributed by atoms with Crippen molar-refractivity contribution < 1.29 is 24.2 Å². The summed E-state index contributed by atoms with van der Waals surface area (Å²) in [7, 11) is 0. The average Bonchev–Trinajstić information content (AvgIpc) is 2.74. The number of thioether (sulfide) groups is 1. The van der Waals surface area contributed by atoms with Crippen LogP contribution in [0.4, 0.5) is 4.79 Å². The number of unbranched alkanes of at least 4 members (excludes halogenated alkanes) is 1. The molecule has 0 radical (unpaired) electrons. The molecule has 1 fully saturated rings. The molecule has 1 aliphatic rings. The topological polar surface area (TPSA) is 108 Å². The summed E-state index contributed by atoms with van der Waals surface area (Å²) in [5, 5.41) is 15.5. The fraction of sp³-hybridized carbons (Fsp3) is 0.654.